The number of carbonyl (C=O) groups excluding carboxylic acids is 1. The van der Waals surface area contributed by atoms with Crippen LogP contribution < -0.4 is 0 Å². The molecule has 0 N–H and O–H groups in total. The molecule has 0 spiro atoms. The van der Waals surface area contributed by atoms with Crippen molar-refractivity contribution in [3.05, 3.63) is 23.3 Å². The number of hydrogen-bond donors (Lipinski definition) is 0. The van der Waals surface area contributed by atoms with Crippen LogP contribution in [0.2, 0.25) is 0 Å². The summed E-state index contributed by atoms with van der Waals surface area (Å²) in [5, 5.41) is 0. The van der Waals surface area contributed by atoms with E-state index < -0.39 is 4.87 Å². The molecular weight excluding hydrogens is 172 g/mol. The van der Waals surface area contributed by atoms with E-state index in [-0.39, 0.29) is 5.92 Å². The van der Waals surface area contributed by atoms with Crippen molar-refractivity contribution < 1.29 is 4.79 Å². The molecule has 0 aromatic carbocycles. The third-order valence-electron chi connectivity index (χ3n) is 2.14. The Morgan fingerprint density at radius 1 is 1.42 bits per heavy atom. The quantitative estimate of drug-likeness (QED) is 0.348. The predicted octanol–water partition coefficient (Wildman–Crippen LogP) is 2.71. The van der Waals surface area contributed by atoms with Crippen molar-refractivity contribution in [3.8, 4) is 0 Å². The fraction of sp³-hybridized carbons (Fsp3) is 0.500. The number of allylic oxidation sites excluding steroid dienone is 4. The van der Waals surface area contributed by atoms with E-state index in [0.717, 1.165) is 17.4 Å². The highest BCUT2D eigenvalue weighted by molar-refractivity contribution is 6.26. The predicted molar refractivity (Wildman–Crippen MR) is 51.3 cm³/mol. The zero-order chi connectivity index (χ0) is 9.35. The Hall–Kier alpha value is -0.560. The second-order valence-electron chi connectivity index (χ2n) is 3.54. The minimum absolute atomic E-state index is 0.0585. The first-order chi connectivity index (χ1) is 5.46. The lowest BCUT2D eigenvalue weighted by atomic mass is 9.85. The van der Waals surface area contributed by atoms with Gasteiger partial charge in [-0.1, -0.05) is 23.3 Å². The second-order valence-corrected chi connectivity index (χ2v) is 4.36. The molecule has 1 rings (SSSR count). The van der Waals surface area contributed by atoms with Crippen molar-refractivity contribution in [2.75, 3.05) is 0 Å². The van der Waals surface area contributed by atoms with Gasteiger partial charge in [-0.05, 0) is 20.8 Å². The molecule has 1 aliphatic rings. The van der Waals surface area contributed by atoms with E-state index in [4.69, 9.17) is 11.6 Å². The summed E-state index contributed by atoms with van der Waals surface area (Å²) in [7, 11) is 0. The Labute approximate surface area is 78.1 Å². The average molecular weight is 185 g/mol. The van der Waals surface area contributed by atoms with Crippen LogP contribution in [0.4, 0.5) is 0 Å². The van der Waals surface area contributed by atoms with E-state index >= 15 is 0 Å². The lowest BCUT2D eigenvalue weighted by Gasteiger charge is -2.25. The smallest absolute Gasteiger partial charge is 0.131 e. The first-order valence-electron chi connectivity index (χ1n) is 3.99. The van der Waals surface area contributed by atoms with Gasteiger partial charge in [0.25, 0.3) is 0 Å². The van der Waals surface area contributed by atoms with Crippen molar-refractivity contribution in [1.82, 2.24) is 0 Å². The van der Waals surface area contributed by atoms with Gasteiger partial charge in [-0.15, -0.1) is 11.6 Å². The van der Waals surface area contributed by atoms with Crippen molar-refractivity contribution in [1.29, 1.82) is 0 Å². The van der Waals surface area contributed by atoms with Crippen LogP contribution in [-0.4, -0.2) is 11.2 Å². The van der Waals surface area contributed by atoms with E-state index in [1.54, 1.807) is 0 Å². The lowest BCUT2D eigenvalue weighted by molar-refractivity contribution is -0.109. The molecule has 0 saturated heterocycles. The molecule has 0 aromatic heterocycles. The van der Waals surface area contributed by atoms with Crippen LogP contribution in [0.3, 0.4) is 0 Å². The van der Waals surface area contributed by atoms with Crippen LogP contribution in [-0.2, 0) is 4.79 Å². The summed E-state index contributed by atoms with van der Waals surface area (Å²) in [4.78, 5) is 10.3. The number of rotatable bonds is 1. The second kappa shape index (κ2) is 3.06. The maximum Gasteiger partial charge on any atom is 0.131 e. The number of hydrogen-bond acceptors (Lipinski definition) is 1. The van der Waals surface area contributed by atoms with Gasteiger partial charge in [0.05, 0.1) is 10.8 Å². The molecule has 0 amide bonds. The van der Waals surface area contributed by atoms with Gasteiger partial charge >= 0.3 is 0 Å². The van der Waals surface area contributed by atoms with Gasteiger partial charge in [-0.2, -0.15) is 0 Å². The monoisotopic (exact) mass is 184 g/mol. The van der Waals surface area contributed by atoms with Crippen LogP contribution in [0.1, 0.15) is 20.8 Å². The van der Waals surface area contributed by atoms with Gasteiger partial charge in [0.2, 0.25) is 0 Å². The maximum absolute atomic E-state index is 10.7. The number of carbonyl (C=O) groups is 1. The fourth-order valence-corrected chi connectivity index (χ4v) is 2.03. The SMILES string of the molecule is CC1=CC(C)(Cl)C=C(C)C1C=O. The van der Waals surface area contributed by atoms with E-state index in [1.807, 2.05) is 32.9 Å². The van der Waals surface area contributed by atoms with E-state index in [1.165, 1.54) is 0 Å². The van der Waals surface area contributed by atoms with Gasteiger partial charge in [-0.3, -0.25) is 0 Å². The summed E-state index contributed by atoms with van der Waals surface area (Å²) in [6.07, 6.45) is 4.82. The number of aldehydes is 1. The zero-order valence-electron chi connectivity index (χ0n) is 7.60. The normalized spacial score (nSPS) is 35.5. The summed E-state index contributed by atoms with van der Waals surface area (Å²) in [5.74, 6) is -0.0585. The fourth-order valence-electron chi connectivity index (χ4n) is 1.69. The average Bonchev–Trinajstić information content (AvgIpc) is 1.82. The third-order valence-corrected chi connectivity index (χ3v) is 2.36. The molecule has 0 atom stereocenters. The topological polar surface area (TPSA) is 17.1 Å². The Morgan fingerprint density at radius 2 is 1.83 bits per heavy atom. The van der Waals surface area contributed by atoms with E-state index in [9.17, 15) is 4.79 Å². The van der Waals surface area contributed by atoms with Crippen LogP contribution in [0.15, 0.2) is 23.3 Å². The molecule has 1 aliphatic carbocycles. The molecule has 1 nitrogen and oxygen atoms in total. The Morgan fingerprint density at radius 3 is 2.17 bits per heavy atom. The largest absolute Gasteiger partial charge is 0.302 e. The van der Waals surface area contributed by atoms with Gasteiger partial charge in [0.15, 0.2) is 0 Å². The molecule has 0 unspecified atom stereocenters. The highest BCUT2D eigenvalue weighted by Crippen LogP contribution is 2.32. The molecule has 0 fully saturated rings. The van der Waals surface area contributed by atoms with Crippen molar-refractivity contribution in [2.45, 2.75) is 25.6 Å². The van der Waals surface area contributed by atoms with E-state index in [0.29, 0.717) is 0 Å². The molecule has 0 heterocycles. The molecule has 0 radical (unpaired) electrons. The van der Waals surface area contributed by atoms with Crippen LogP contribution in [0.25, 0.3) is 0 Å². The van der Waals surface area contributed by atoms with Gasteiger partial charge in [0.1, 0.15) is 6.29 Å². The summed E-state index contributed by atoms with van der Waals surface area (Å²) < 4.78 is 0. The number of halogens is 1. The molecule has 2 heteroatoms. The third kappa shape index (κ3) is 1.78. The van der Waals surface area contributed by atoms with Gasteiger partial charge < -0.3 is 4.79 Å². The maximum atomic E-state index is 10.7. The van der Waals surface area contributed by atoms with Crippen LogP contribution >= 0.6 is 11.6 Å². The summed E-state index contributed by atoms with van der Waals surface area (Å²) in [6, 6.07) is 0. The first kappa shape index (κ1) is 9.53. The van der Waals surface area contributed by atoms with Crippen molar-refractivity contribution >= 4 is 17.9 Å². The molecule has 0 bridgehead atoms. The zero-order valence-corrected chi connectivity index (χ0v) is 8.35. The Balaban J connectivity index is 3.03. The van der Waals surface area contributed by atoms with Gasteiger partial charge in [-0.25, -0.2) is 0 Å². The molecule has 0 saturated carbocycles. The lowest BCUT2D eigenvalue weighted by Crippen LogP contribution is -2.20. The van der Waals surface area contributed by atoms with Crippen molar-refractivity contribution in [3.63, 3.8) is 0 Å². The summed E-state index contributed by atoms with van der Waals surface area (Å²) >= 11 is 6.12. The molecule has 66 valence electrons. The van der Waals surface area contributed by atoms with Gasteiger partial charge in [0, 0.05) is 0 Å². The molecule has 0 aromatic rings. The molecule has 0 aliphatic heterocycles. The molecule has 12 heavy (non-hydrogen) atoms. The van der Waals surface area contributed by atoms with Crippen molar-refractivity contribution in [2.24, 2.45) is 5.92 Å². The minimum Gasteiger partial charge on any atom is -0.302 e. The standard InChI is InChI=1S/C10H13ClO/c1-7-4-10(3,11)5-8(2)9(7)6-12/h4-6,9H,1-3H3. The summed E-state index contributed by atoms with van der Waals surface area (Å²) in [6.45, 7) is 5.80. The first-order valence-corrected chi connectivity index (χ1v) is 4.37. The minimum atomic E-state index is -0.409. The molecular formula is C10H13ClO. The Kier molecular flexibility index (Phi) is 2.43. The summed E-state index contributed by atoms with van der Waals surface area (Å²) in [5.41, 5.74) is 2.09. The Bertz CT molecular complexity index is 239. The number of alkyl halides is 1. The van der Waals surface area contributed by atoms with E-state index in [2.05, 4.69) is 0 Å². The highest BCUT2D eigenvalue weighted by atomic mass is 35.5. The van der Waals surface area contributed by atoms with Crippen LogP contribution in [0, 0.1) is 5.92 Å². The van der Waals surface area contributed by atoms with Crippen LogP contribution in [0.5, 0.6) is 0 Å². The highest BCUT2D eigenvalue weighted by Gasteiger charge is 2.25.